The second kappa shape index (κ2) is 9.11. The normalized spacial score (nSPS) is 11.7. The summed E-state index contributed by atoms with van der Waals surface area (Å²) in [6.07, 6.45) is 2.95. The lowest BCUT2D eigenvalue weighted by Crippen LogP contribution is -2.30. The van der Waals surface area contributed by atoms with E-state index in [1.165, 1.54) is 40.2 Å². The summed E-state index contributed by atoms with van der Waals surface area (Å²) >= 11 is 1.42. The van der Waals surface area contributed by atoms with E-state index in [1.807, 2.05) is 24.3 Å². The molecule has 0 unspecified atom stereocenters. The van der Waals surface area contributed by atoms with Gasteiger partial charge in [0.25, 0.3) is 5.91 Å². The third-order valence-corrected chi connectivity index (χ3v) is 7.93. The van der Waals surface area contributed by atoms with E-state index >= 15 is 0 Å². The van der Waals surface area contributed by atoms with E-state index in [4.69, 9.17) is 0 Å². The average molecular weight is 468 g/mol. The smallest absolute Gasteiger partial charge is 0.276 e. The quantitative estimate of drug-likeness (QED) is 0.440. The van der Waals surface area contributed by atoms with Crippen molar-refractivity contribution in [3.05, 3.63) is 66.6 Å². The summed E-state index contributed by atoms with van der Waals surface area (Å²) < 4.78 is 28.0. The minimum atomic E-state index is -3.64. The molecule has 164 valence electrons. The number of amides is 1. The van der Waals surface area contributed by atoms with Crippen molar-refractivity contribution in [2.75, 3.05) is 18.4 Å². The molecule has 0 atom stereocenters. The van der Waals surface area contributed by atoms with Gasteiger partial charge in [-0.05, 0) is 30.3 Å². The summed E-state index contributed by atoms with van der Waals surface area (Å²) in [5.74, 6) is -0.496. The molecular weight excluding hydrogens is 446 g/mol. The van der Waals surface area contributed by atoms with Crippen LogP contribution in [0.2, 0.25) is 0 Å². The van der Waals surface area contributed by atoms with Crippen LogP contribution in [-0.4, -0.2) is 46.7 Å². The summed E-state index contributed by atoms with van der Waals surface area (Å²) in [7, 11) is -3.64. The Balaban J connectivity index is 1.65. The van der Waals surface area contributed by atoms with E-state index < -0.39 is 15.9 Å². The Labute approximate surface area is 190 Å². The van der Waals surface area contributed by atoms with E-state index in [2.05, 4.69) is 20.3 Å². The Morgan fingerprint density at radius 1 is 1.03 bits per heavy atom. The molecule has 1 amide bonds. The van der Waals surface area contributed by atoms with Gasteiger partial charge in [-0.3, -0.25) is 4.79 Å². The maximum absolute atomic E-state index is 13.0. The van der Waals surface area contributed by atoms with Gasteiger partial charge in [-0.2, -0.15) is 4.31 Å². The first-order chi connectivity index (χ1) is 15.4. The van der Waals surface area contributed by atoms with Crippen molar-refractivity contribution >= 4 is 43.2 Å². The van der Waals surface area contributed by atoms with E-state index in [0.717, 1.165) is 10.2 Å². The van der Waals surface area contributed by atoms with Crippen LogP contribution in [0.1, 0.15) is 24.3 Å². The molecule has 0 saturated heterocycles. The molecule has 0 aliphatic carbocycles. The lowest BCUT2D eigenvalue weighted by molar-refractivity contribution is 0.102. The maximum atomic E-state index is 13.0. The van der Waals surface area contributed by atoms with Crippen LogP contribution in [0.5, 0.6) is 0 Å². The summed E-state index contributed by atoms with van der Waals surface area (Å²) in [6, 6.07) is 13.9. The van der Waals surface area contributed by atoms with E-state index in [-0.39, 0.29) is 10.6 Å². The summed E-state index contributed by atoms with van der Waals surface area (Å²) in [5.41, 5.74) is 1.66. The zero-order chi connectivity index (χ0) is 22.7. The minimum Gasteiger partial charge on any atom is -0.321 e. The molecule has 10 heteroatoms. The number of hydrogen-bond donors (Lipinski definition) is 1. The van der Waals surface area contributed by atoms with Crippen molar-refractivity contribution in [3.63, 3.8) is 0 Å². The third-order valence-electron chi connectivity index (χ3n) is 4.84. The number of nitrogens with zero attached hydrogens (tertiary/aromatic N) is 4. The predicted octanol–water partition coefficient (Wildman–Crippen LogP) is 4.04. The molecular formula is C22H21N5O3S2. The summed E-state index contributed by atoms with van der Waals surface area (Å²) in [5, 5.41) is 3.33. The number of aromatic nitrogens is 3. The highest BCUT2D eigenvalue weighted by Gasteiger charge is 2.23. The number of carbonyl (C=O) groups excluding carboxylic acids is 1. The molecule has 2 aromatic heterocycles. The largest absolute Gasteiger partial charge is 0.321 e. The number of hydrogen-bond acceptors (Lipinski definition) is 7. The second-order valence-corrected chi connectivity index (χ2v) is 9.78. The molecule has 2 heterocycles. The van der Waals surface area contributed by atoms with Gasteiger partial charge in [0, 0.05) is 31.2 Å². The van der Waals surface area contributed by atoms with Crippen LogP contribution in [0.25, 0.3) is 20.9 Å². The van der Waals surface area contributed by atoms with Crippen molar-refractivity contribution < 1.29 is 13.2 Å². The molecule has 32 heavy (non-hydrogen) atoms. The standard InChI is InChI=1S/C22H21N5O3S2/c1-3-27(4-2)32(29,30)16-9-7-8-15(14-16)25-21(28)19-20(24-13-12-23-19)22-26-17-10-5-6-11-18(17)31-22/h5-14H,3-4H2,1-2H3,(H,25,28). The van der Waals surface area contributed by atoms with Gasteiger partial charge in [0.15, 0.2) is 5.69 Å². The Bertz CT molecular complexity index is 1350. The molecule has 8 nitrogen and oxygen atoms in total. The second-order valence-electron chi connectivity index (χ2n) is 6.81. The maximum Gasteiger partial charge on any atom is 0.276 e. The Morgan fingerprint density at radius 3 is 2.53 bits per heavy atom. The van der Waals surface area contributed by atoms with Crippen molar-refractivity contribution in [3.8, 4) is 10.7 Å². The molecule has 0 aliphatic rings. The van der Waals surface area contributed by atoms with E-state index in [0.29, 0.717) is 29.5 Å². The molecule has 1 N–H and O–H groups in total. The lowest BCUT2D eigenvalue weighted by Gasteiger charge is -2.18. The van der Waals surface area contributed by atoms with Gasteiger partial charge in [-0.15, -0.1) is 11.3 Å². The van der Waals surface area contributed by atoms with Gasteiger partial charge in [0.05, 0.1) is 15.1 Å². The van der Waals surface area contributed by atoms with E-state index in [1.54, 1.807) is 26.0 Å². The van der Waals surface area contributed by atoms with Crippen molar-refractivity contribution in [1.82, 2.24) is 19.3 Å². The monoisotopic (exact) mass is 467 g/mol. The van der Waals surface area contributed by atoms with Crippen LogP contribution in [0.15, 0.2) is 65.8 Å². The van der Waals surface area contributed by atoms with Gasteiger partial charge >= 0.3 is 0 Å². The van der Waals surface area contributed by atoms with Crippen LogP contribution >= 0.6 is 11.3 Å². The van der Waals surface area contributed by atoms with Crippen molar-refractivity contribution in [2.24, 2.45) is 0 Å². The molecule has 0 radical (unpaired) electrons. The third kappa shape index (κ3) is 4.24. The van der Waals surface area contributed by atoms with Crippen LogP contribution in [0.3, 0.4) is 0 Å². The highest BCUT2D eigenvalue weighted by atomic mass is 32.2. The SMILES string of the molecule is CCN(CC)S(=O)(=O)c1cccc(NC(=O)c2nccnc2-c2nc3ccccc3s2)c1. The highest BCUT2D eigenvalue weighted by molar-refractivity contribution is 7.89. The Kier molecular flexibility index (Phi) is 6.26. The number of nitrogens with one attached hydrogen (secondary N) is 1. The number of anilines is 1. The molecule has 0 fully saturated rings. The fourth-order valence-corrected chi connectivity index (χ4v) is 5.74. The number of carbonyl (C=O) groups is 1. The van der Waals surface area contributed by atoms with Gasteiger partial charge in [0.1, 0.15) is 10.7 Å². The molecule has 4 aromatic rings. The lowest BCUT2D eigenvalue weighted by atomic mass is 10.2. The summed E-state index contributed by atoms with van der Waals surface area (Å²) in [6.45, 7) is 4.29. The van der Waals surface area contributed by atoms with Crippen LogP contribution in [-0.2, 0) is 10.0 Å². The van der Waals surface area contributed by atoms with E-state index in [9.17, 15) is 13.2 Å². The zero-order valence-corrected chi connectivity index (χ0v) is 19.2. The molecule has 4 rings (SSSR count). The van der Waals surface area contributed by atoms with Crippen LogP contribution < -0.4 is 5.32 Å². The van der Waals surface area contributed by atoms with Crippen LogP contribution in [0, 0.1) is 0 Å². The number of rotatable bonds is 7. The molecule has 0 spiro atoms. The van der Waals surface area contributed by atoms with Gasteiger partial charge in [-0.25, -0.2) is 23.4 Å². The number of fused-ring (bicyclic) bond motifs is 1. The fraction of sp³-hybridized carbons (Fsp3) is 0.182. The topological polar surface area (TPSA) is 105 Å². The number of benzene rings is 2. The molecule has 0 saturated carbocycles. The number of para-hydroxylation sites is 1. The average Bonchev–Trinajstić information content (AvgIpc) is 3.24. The number of sulfonamides is 1. The van der Waals surface area contributed by atoms with Crippen LogP contribution in [0.4, 0.5) is 5.69 Å². The zero-order valence-electron chi connectivity index (χ0n) is 17.5. The first kappa shape index (κ1) is 22.0. The van der Waals surface area contributed by atoms with Crippen molar-refractivity contribution in [2.45, 2.75) is 18.7 Å². The molecule has 0 bridgehead atoms. The van der Waals surface area contributed by atoms with Gasteiger partial charge in [0.2, 0.25) is 10.0 Å². The Morgan fingerprint density at radius 2 is 1.78 bits per heavy atom. The fourth-order valence-electron chi connectivity index (χ4n) is 3.27. The number of thiazole rings is 1. The predicted molar refractivity (Wildman–Crippen MR) is 125 cm³/mol. The Hall–Kier alpha value is -3.21. The van der Waals surface area contributed by atoms with Gasteiger partial charge < -0.3 is 5.32 Å². The van der Waals surface area contributed by atoms with Gasteiger partial charge in [-0.1, -0.05) is 32.0 Å². The summed E-state index contributed by atoms with van der Waals surface area (Å²) in [4.78, 5) is 26.3. The highest BCUT2D eigenvalue weighted by Crippen LogP contribution is 2.30. The minimum absolute atomic E-state index is 0.114. The van der Waals surface area contributed by atoms with Crippen molar-refractivity contribution in [1.29, 1.82) is 0 Å². The first-order valence-corrected chi connectivity index (χ1v) is 12.3. The first-order valence-electron chi connectivity index (χ1n) is 10.0. The molecule has 2 aromatic carbocycles. The molecule has 0 aliphatic heterocycles.